The molecule has 1 rings (SSSR count). The maximum Gasteiger partial charge on any atom is 0.341 e. The van der Waals surface area contributed by atoms with Gasteiger partial charge in [-0.15, -0.1) is 0 Å². The molecule has 1 amide bonds. The monoisotopic (exact) mass is 286 g/mol. The summed E-state index contributed by atoms with van der Waals surface area (Å²) in [6.07, 6.45) is -0.139. The fraction of sp³-hybridized carbons (Fsp3) is 0.273. The largest absolute Gasteiger partial charge is 0.449 e. The molecule has 0 aromatic heterocycles. The number of para-hydroxylation sites is 1. The molecule has 19 heavy (non-hydrogen) atoms. The van der Waals surface area contributed by atoms with Gasteiger partial charge in [0.15, 0.2) is 6.10 Å². The fourth-order valence-corrected chi connectivity index (χ4v) is 1.81. The Balaban J connectivity index is 3.00. The van der Waals surface area contributed by atoms with Crippen molar-refractivity contribution in [3.63, 3.8) is 0 Å². The van der Waals surface area contributed by atoms with Gasteiger partial charge >= 0.3 is 5.97 Å². The first-order chi connectivity index (χ1) is 8.70. The Kier molecular flexibility index (Phi) is 4.49. The van der Waals surface area contributed by atoms with Crippen molar-refractivity contribution >= 4 is 27.6 Å². The van der Waals surface area contributed by atoms with Gasteiger partial charge in [-0.3, -0.25) is 9.52 Å². The third kappa shape index (κ3) is 4.59. The van der Waals surface area contributed by atoms with E-state index in [4.69, 9.17) is 10.5 Å². The number of nitrogens with two attached hydrogens (primary N) is 1. The maximum absolute atomic E-state index is 11.8. The van der Waals surface area contributed by atoms with Crippen molar-refractivity contribution < 1.29 is 22.7 Å². The highest BCUT2D eigenvalue weighted by Crippen LogP contribution is 2.17. The van der Waals surface area contributed by atoms with Crippen LogP contribution in [0.15, 0.2) is 24.3 Å². The Labute approximate surface area is 110 Å². The van der Waals surface area contributed by atoms with Crippen LogP contribution in [0.25, 0.3) is 0 Å². The summed E-state index contributed by atoms with van der Waals surface area (Å²) in [7, 11) is -3.53. The highest BCUT2D eigenvalue weighted by Gasteiger charge is 2.19. The third-order valence-electron chi connectivity index (χ3n) is 2.13. The molecule has 0 spiro atoms. The molecule has 0 saturated carbocycles. The zero-order chi connectivity index (χ0) is 14.6. The number of carbonyl (C=O) groups is 2. The van der Waals surface area contributed by atoms with Crippen LogP contribution in [0.3, 0.4) is 0 Å². The first-order valence-electron chi connectivity index (χ1n) is 5.28. The number of ether oxygens (including phenoxy) is 1. The number of primary amides is 1. The van der Waals surface area contributed by atoms with Crippen molar-refractivity contribution in [2.75, 3.05) is 11.0 Å². The number of anilines is 1. The van der Waals surface area contributed by atoms with Crippen LogP contribution >= 0.6 is 0 Å². The summed E-state index contributed by atoms with van der Waals surface area (Å²) in [6, 6.07) is 5.89. The lowest BCUT2D eigenvalue weighted by molar-refractivity contribution is -0.125. The standard InChI is InChI=1S/C11H14N2O5S/c1-7(10(12)14)18-11(15)8-5-3-4-6-9(8)13-19(2,16)17/h3-7,13H,1-2H3,(H2,12,14). The number of benzene rings is 1. The molecule has 104 valence electrons. The Hall–Kier alpha value is -2.09. The minimum Gasteiger partial charge on any atom is -0.449 e. The second kappa shape index (κ2) is 5.70. The van der Waals surface area contributed by atoms with Crippen molar-refractivity contribution in [2.45, 2.75) is 13.0 Å². The smallest absolute Gasteiger partial charge is 0.341 e. The van der Waals surface area contributed by atoms with Gasteiger partial charge in [0.2, 0.25) is 10.0 Å². The van der Waals surface area contributed by atoms with E-state index >= 15 is 0 Å². The number of rotatable bonds is 5. The van der Waals surface area contributed by atoms with E-state index in [1.54, 1.807) is 12.1 Å². The molecule has 0 radical (unpaired) electrons. The van der Waals surface area contributed by atoms with E-state index in [1.165, 1.54) is 19.1 Å². The van der Waals surface area contributed by atoms with Gasteiger partial charge in [-0.05, 0) is 19.1 Å². The molecule has 8 heteroatoms. The van der Waals surface area contributed by atoms with Crippen molar-refractivity contribution in [1.82, 2.24) is 0 Å². The summed E-state index contributed by atoms with van der Waals surface area (Å²) < 4.78 is 29.3. The maximum atomic E-state index is 11.8. The number of amides is 1. The highest BCUT2D eigenvalue weighted by molar-refractivity contribution is 7.92. The van der Waals surface area contributed by atoms with E-state index in [0.717, 1.165) is 6.26 Å². The molecule has 0 saturated heterocycles. The van der Waals surface area contributed by atoms with Crippen LogP contribution in [0.5, 0.6) is 0 Å². The average Bonchev–Trinajstić information content (AvgIpc) is 2.27. The predicted octanol–water partition coefficient (Wildman–Crippen LogP) is 0.0887. The molecule has 1 atom stereocenters. The molecule has 1 unspecified atom stereocenters. The van der Waals surface area contributed by atoms with Crippen LogP contribution in [0.1, 0.15) is 17.3 Å². The van der Waals surface area contributed by atoms with Gasteiger partial charge in [0.05, 0.1) is 17.5 Å². The number of carbonyl (C=O) groups excluding carboxylic acids is 2. The zero-order valence-electron chi connectivity index (χ0n) is 10.4. The predicted molar refractivity (Wildman–Crippen MR) is 69.0 cm³/mol. The number of hydrogen-bond donors (Lipinski definition) is 2. The summed E-state index contributed by atoms with van der Waals surface area (Å²) >= 11 is 0. The van der Waals surface area contributed by atoms with E-state index < -0.39 is 28.0 Å². The zero-order valence-corrected chi connectivity index (χ0v) is 11.2. The van der Waals surface area contributed by atoms with E-state index in [1.807, 2.05) is 0 Å². The van der Waals surface area contributed by atoms with Gasteiger partial charge in [-0.2, -0.15) is 0 Å². The molecule has 0 aliphatic carbocycles. The van der Waals surface area contributed by atoms with Gasteiger partial charge in [0.1, 0.15) is 0 Å². The molecular formula is C11H14N2O5S. The number of sulfonamides is 1. The molecule has 0 fully saturated rings. The highest BCUT2D eigenvalue weighted by atomic mass is 32.2. The molecule has 0 aliphatic rings. The summed E-state index contributed by atoms with van der Waals surface area (Å²) in [5, 5.41) is 0. The quantitative estimate of drug-likeness (QED) is 0.744. The first kappa shape index (κ1) is 15.0. The number of nitrogens with one attached hydrogen (secondary N) is 1. The first-order valence-corrected chi connectivity index (χ1v) is 7.17. The van der Waals surface area contributed by atoms with Crippen LogP contribution < -0.4 is 10.5 Å². The van der Waals surface area contributed by atoms with Gasteiger partial charge in [0, 0.05) is 0 Å². The van der Waals surface area contributed by atoms with Crippen LogP contribution in [0.2, 0.25) is 0 Å². The minimum atomic E-state index is -3.53. The molecule has 1 aromatic carbocycles. The van der Waals surface area contributed by atoms with Crippen LogP contribution in [0, 0.1) is 0 Å². The third-order valence-corrected chi connectivity index (χ3v) is 2.72. The van der Waals surface area contributed by atoms with E-state index in [9.17, 15) is 18.0 Å². The Morgan fingerprint density at radius 1 is 1.32 bits per heavy atom. The summed E-state index contributed by atoms with van der Waals surface area (Å²) in [5.41, 5.74) is 5.05. The van der Waals surface area contributed by atoms with E-state index in [-0.39, 0.29) is 11.3 Å². The lowest BCUT2D eigenvalue weighted by Crippen LogP contribution is -2.30. The number of hydrogen-bond acceptors (Lipinski definition) is 5. The van der Waals surface area contributed by atoms with Gasteiger partial charge < -0.3 is 10.5 Å². The molecule has 0 bridgehead atoms. The molecule has 7 nitrogen and oxygen atoms in total. The Morgan fingerprint density at radius 3 is 2.42 bits per heavy atom. The summed E-state index contributed by atoms with van der Waals surface area (Å²) in [4.78, 5) is 22.6. The summed E-state index contributed by atoms with van der Waals surface area (Å²) in [6.45, 7) is 1.33. The SMILES string of the molecule is CC(OC(=O)c1ccccc1NS(C)(=O)=O)C(N)=O. The normalized spacial score (nSPS) is 12.5. The Morgan fingerprint density at radius 2 is 1.89 bits per heavy atom. The number of esters is 1. The van der Waals surface area contributed by atoms with Crippen molar-refractivity contribution in [3.05, 3.63) is 29.8 Å². The lowest BCUT2D eigenvalue weighted by atomic mass is 10.2. The van der Waals surface area contributed by atoms with Crippen molar-refractivity contribution in [1.29, 1.82) is 0 Å². The van der Waals surface area contributed by atoms with Crippen LogP contribution in [0.4, 0.5) is 5.69 Å². The van der Waals surface area contributed by atoms with Gasteiger partial charge in [-0.1, -0.05) is 12.1 Å². The molecule has 1 aromatic rings. The molecule has 0 aliphatic heterocycles. The second-order valence-corrected chi connectivity index (χ2v) is 5.62. The van der Waals surface area contributed by atoms with E-state index in [0.29, 0.717) is 0 Å². The molecule has 0 heterocycles. The van der Waals surface area contributed by atoms with Crippen LogP contribution in [-0.2, 0) is 19.6 Å². The fourth-order valence-electron chi connectivity index (χ4n) is 1.23. The minimum absolute atomic E-state index is 0.000949. The average molecular weight is 286 g/mol. The van der Waals surface area contributed by atoms with Crippen molar-refractivity contribution in [3.8, 4) is 0 Å². The molecule has 3 N–H and O–H groups in total. The second-order valence-electron chi connectivity index (χ2n) is 3.87. The topological polar surface area (TPSA) is 116 Å². The Bertz CT molecular complexity index is 597. The van der Waals surface area contributed by atoms with Gasteiger partial charge in [-0.25, -0.2) is 13.2 Å². The lowest BCUT2D eigenvalue weighted by Gasteiger charge is -2.12. The summed E-state index contributed by atoms with van der Waals surface area (Å²) in [5.74, 6) is -1.63. The molecular weight excluding hydrogens is 272 g/mol. The van der Waals surface area contributed by atoms with E-state index in [2.05, 4.69) is 4.72 Å². The van der Waals surface area contributed by atoms with Crippen molar-refractivity contribution in [2.24, 2.45) is 5.73 Å². The van der Waals surface area contributed by atoms with Crippen LogP contribution in [-0.4, -0.2) is 32.7 Å². The van der Waals surface area contributed by atoms with Gasteiger partial charge in [0.25, 0.3) is 5.91 Å².